The van der Waals surface area contributed by atoms with Gasteiger partial charge in [-0.15, -0.1) is 36.2 Å². The van der Waals surface area contributed by atoms with Gasteiger partial charge < -0.3 is 10.2 Å². The van der Waals surface area contributed by atoms with Gasteiger partial charge in [-0.2, -0.15) is 0 Å². The zero-order valence-electron chi connectivity index (χ0n) is 15.0. The predicted octanol–water partition coefficient (Wildman–Crippen LogP) is 4.21. The fraction of sp³-hybridized carbons (Fsp3) is 0.444. The Morgan fingerprint density at radius 2 is 2.08 bits per heavy atom. The molecular formula is C18H24Cl2FN3OS. The van der Waals surface area contributed by atoms with Crippen LogP contribution in [-0.4, -0.2) is 35.4 Å². The lowest BCUT2D eigenvalue weighted by atomic mass is 9.98. The van der Waals surface area contributed by atoms with E-state index in [9.17, 15) is 9.18 Å². The summed E-state index contributed by atoms with van der Waals surface area (Å²) < 4.78 is 13.6. The van der Waals surface area contributed by atoms with Gasteiger partial charge in [0.25, 0.3) is 5.91 Å². The van der Waals surface area contributed by atoms with Crippen molar-refractivity contribution in [1.29, 1.82) is 0 Å². The van der Waals surface area contributed by atoms with Crippen molar-refractivity contribution >= 4 is 42.1 Å². The highest BCUT2D eigenvalue weighted by atomic mass is 35.5. The Hall–Kier alpha value is -1.21. The molecular weight excluding hydrogens is 396 g/mol. The Balaban J connectivity index is 0.00000169. The molecule has 1 amide bonds. The fourth-order valence-electron chi connectivity index (χ4n) is 2.82. The van der Waals surface area contributed by atoms with E-state index in [4.69, 9.17) is 0 Å². The van der Waals surface area contributed by atoms with Crippen LogP contribution in [0.3, 0.4) is 0 Å². The van der Waals surface area contributed by atoms with E-state index in [-0.39, 0.29) is 48.0 Å². The number of nitrogens with zero attached hydrogens (tertiary/aromatic N) is 2. The van der Waals surface area contributed by atoms with Crippen LogP contribution in [0.2, 0.25) is 0 Å². The largest absolute Gasteiger partial charge is 0.328 e. The minimum atomic E-state index is -0.279. The normalized spacial score (nSPS) is 17.2. The van der Waals surface area contributed by atoms with E-state index >= 15 is 0 Å². The third-order valence-corrected chi connectivity index (χ3v) is 5.51. The van der Waals surface area contributed by atoms with E-state index in [1.165, 1.54) is 23.5 Å². The van der Waals surface area contributed by atoms with E-state index in [1.807, 2.05) is 11.0 Å². The molecule has 0 radical (unpaired) electrons. The van der Waals surface area contributed by atoms with Gasteiger partial charge in [0.1, 0.15) is 10.7 Å². The Kier molecular flexibility index (Phi) is 8.02. The summed E-state index contributed by atoms with van der Waals surface area (Å²) in [5.74, 6) is -0.308. The second-order valence-corrected chi connectivity index (χ2v) is 8.08. The van der Waals surface area contributed by atoms with Crippen molar-refractivity contribution in [2.45, 2.75) is 32.2 Å². The number of piperazine rings is 1. The second kappa shape index (κ2) is 9.13. The summed E-state index contributed by atoms with van der Waals surface area (Å²) in [5.41, 5.74) is 0.741. The Morgan fingerprint density at radius 1 is 1.35 bits per heavy atom. The number of halogens is 3. The van der Waals surface area contributed by atoms with Gasteiger partial charge in [-0.1, -0.05) is 32.9 Å². The molecule has 0 bridgehead atoms. The molecule has 1 saturated heterocycles. The first-order valence-electron chi connectivity index (χ1n) is 8.10. The van der Waals surface area contributed by atoms with Crippen molar-refractivity contribution in [2.75, 3.05) is 19.6 Å². The Labute approximate surface area is 170 Å². The van der Waals surface area contributed by atoms with Crippen LogP contribution in [0.25, 0.3) is 0 Å². The van der Waals surface area contributed by atoms with Crippen molar-refractivity contribution in [1.82, 2.24) is 15.2 Å². The standard InChI is InChI=1S/C18H22FN3OS.2ClH/c1-18(2,3)17-21-11-15(24-17)16(23)22-8-7-20-10-14(22)12-5-4-6-13(19)9-12;;/h4-6,9,11,14,20H,7-8,10H2,1-3H3;2*1H. The zero-order valence-corrected chi connectivity index (χ0v) is 17.4. The van der Waals surface area contributed by atoms with E-state index in [0.29, 0.717) is 18.0 Å². The van der Waals surface area contributed by atoms with Gasteiger partial charge in [0.2, 0.25) is 0 Å². The van der Waals surface area contributed by atoms with Crippen molar-refractivity contribution in [2.24, 2.45) is 0 Å². The summed E-state index contributed by atoms with van der Waals surface area (Å²) in [6.45, 7) is 8.22. The van der Waals surface area contributed by atoms with E-state index in [0.717, 1.165) is 17.1 Å². The Morgan fingerprint density at radius 3 is 2.69 bits per heavy atom. The summed E-state index contributed by atoms with van der Waals surface area (Å²) in [5, 5.41) is 4.24. The number of nitrogens with one attached hydrogen (secondary N) is 1. The molecule has 26 heavy (non-hydrogen) atoms. The van der Waals surface area contributed by atoms with Crippen LogP contribution in [0, 0.1) is 5.82 Å². The summed E-state index contributed by atoms with van der Waals surface area (Å²) in [6, 6.07) is 6.32. The number of hydrogen-bond acceptors (Lipinski definition) is 4. The molecule has 144 valence electrons. The molecule has 1 aliphatic rings. The summed E-state index contributed by atoms with van der Waals surface area (Å²) in [7, 11) is 0. The first kappa shape index (κ1) is 22.8. The molecule has 1 N–H and O–H groups in total. The maximum atomic E-state index is 13.6. The van der Waals surface area contributed by atoms with Crippen molar-refractivity contribution in [3.8, 4) is 0 Å². The van der Waals surface area contributed by atoms with Crippen molar-refractivity contribution < 1.29 is 9.18 Å². The van der Waals surface area contributed by atoms with Crippen LogP contribution in [0.4, 0.5) is 4.39 Å². The predicted molar refractivity (Wildman–Crippen MR) is 108 cm³/mol. The molecule has 0 spiro atoms. The van der Waals surface area contributed by atoms with Crippen LogP contribution >= 0.6 is 36.2 Å². The molecule has 0 saturated carbocycles. The molecule has 2 aromatic rings. The molecule has 1 aliphatic heterocycles. The minimum absolute atomic E-state index is 0. The summed E-state index contributed by atoms with van der Waals surface area (Å²) in [6.07, 6.45) is 1.66. The number of amides is 1. The highest BCUT2D eigenvalue weighted by Crippen LogP contribution is 2.30. The van der Waals surface area contributed by atoms with Gasteiger partial charge in [-0.05, 0) is 17.7 Å². The summed E-state index contributed by atoms with van der Waals surface area (Å²) in [4.78, 5) is 19.9. The van der Waals surface area contributed by atoms with Crippen LogP contribution < -0.4 is 5.32 Å². The van der Waals surface area contributed by atoms with Crippen LogP contribution in [0.15, 0.2) is 30.5 Å². The number of hydrogen-bond donors (Lipinski definition) is 1. The zero-order chi connectivity index (χ0) is 17.3. The highest BCUT2D eigenvalue weighted by molar-refractivity contribution is 7.13. The number of aromatic nitrogens is 1. The second-order valence-electron chi connectivity index (χ2n) is 7.05. The lowest BCUT2D eigenvalue weighted by molar-refractivity contribution is 0.0638. The SMILES string of the molecule is CC(C)(C)c1ncc(C(=O)N2CCNCC2c2cccc(F)c2)s1.Cl.Cl. The number of rotatable bonds is 2. The molecule has 4 nitrogen and oxygen atoms in total. The van der Waals surface area contributed by atoms with Crippen molar-refractivity contribution in [3.63, 3.8) is 0 Å². The quantitative estimate of drug-likeness (QED) is 0.792. The fourth-order valence-corrected chi connectivity index (χ4v) is 3.75. The first-order chi connectivity index (χ1) is 11.4. The Bertz CT molecular complexity index is 748. The average molecular weight is 420 g/mol. The molecule has 1 unspecified atom stereocenters. The van der Waals surface area contributed by atoms with E-state index in [1.54, 1.807) is 12.3 Å². The van der Waals surface area contributed by atoms with Gasteiger partial charge in [-0.3, -0.25) is 4.79 Å². The number of benzene rings is 1. The molecule has 8 heteroatoms. The number of thiazole rings is 1. The molecule has 3 rings (SSSR count). The maximum Gasteiger partial charge on any atom is 0.266 e. The maximum absolute atomic E-state index is 13.6. The first-order valence-corrected chi connectivity index (χ1v) is 8.91. The van der Waals surface area contributed by atoms with Crippen LogP contribution in [0.5, 0.6) is 0 Å². The van der Waals surface area contributed by atoms with Gasteiger partial charge >= 0.3 is 0 Å². The van der Waals surface area contributed by atoms with E-state index in [2.05, 4.69) is 31.1 Å². The van der Waals surface area contributed by atoms with Crippen LogP contribution in [0.1, 0.15) is 47.1 Å². The van der Waals surface area contributed by atoms with Gasteiger partial charge in [0.15, 0.2) is 0 Å². The number of carbonyl (C=O) groups is 1. The third-order valence-electron chi connectivity index (χ3n) is 4.10. The third kappa shape index (κ3) is 4.94. The lowest BCUT2D eigenvalue weighted by Gasteiger charge is -2.36. The van der Waals surface area contributed by atoms with Crippen LogP contribution in [-0.2, 0) is 5.41 Å². The van der Waals surface area contributed by atoms with Gasteiger partial charge in [0, 0.05) is 25.0 Å². The number of carbonyl (C=O) groups excluding carboxylic acids is 1. The highest BCUT2D eigenvalue weighted by Gasteiger charge is 2.30. The molecule has 2 heterocycles. The topological polar surface area (TPSA) is 45.2 Å². The minimum Gasteiger partial charge on any atom is -0.328 e. The molecule has 1 aromatic heterocycles. The molecule has 1 aromatic carbocycles. The smallest absolute Gasteiger partial charge is 0.266 e. The average Bonchev–Trinajstić information content (AvgIpc) is 3.04. The monoisotopic (exact) mass is 419 g/mol. The lowest BCUT2D eigenvalue weighted by Crippen LogP contribution is -2.48. The molecule has 1 atom stereocenters. The van der Waals surface area contributed by atoms with E-state index < -0.39 is 0 Å². The molecule has 1 fully saturated rings. The van der Waals surface area contributed by atoms with Gasteiger partial charge in [0.05, 0.1) is 17.2 Å². The molecule has 0 aliphatic carbocycles. The van der Waals surface area contributed by atoms with Gasteiger partial charge in [-0.25, -0.2) is 9.37 Å². The summed E-state index contributed by atoms with van der Waals surface area (Å²) >= 11 is 1.45. The van der Waals surface area contributed by atoms with Crippen molar-refractivity contribution in [3.05, 3.63) is 51.7 Å².